The molecule has 0 saturated heterocycles. The summed E-state index contributed by atoms with van der Waals surface area (Å²) in [6.07, 6.45) is 1.24. The number of rotatable bonds is 9. The first-order valence-corrected chi connectivity index (χ1v) is 11.0. The summed E-state index contributed by atoms with van der Waals surface area (Å²) in [6.45, 7) is 6.77. The zero-order chi connectivity index (χ0) is 21.6. The summed E-state index contributed by atoms with van der Waals surface area (Å²) in [6, 6.07) is 17.4. The van der Waals surface area contributed by atoms with Crippen molar-refractivity contribution in [3.05, 3.63) is 71.5 Å². The molecule has 0 bridgehead atoms. The van der Waals surface area contributed by atoms with Crippen LogP contribution < -0.4 is 10.6 Å². The van der Waals surface area contributed by atoms with E-state index in [0.717, 1.165) is 23.5 Å². The maximum Gasteiger partial charge on any atom is 0.209 e. The number of nitrogen functional groups attached to an aromatic ring is 1. The van der Waals surface area contributed by atoms with Crippen molar-refractivity contribution in [3.8, 4) is 5.75 Å². The second-order valence-electron chi connectivity index (χ2n) is 8.07. The van der Waals surface area contributed by atoms with Crippen molar-refractivity contribution in [1.82, 2.24) is 14.9 Å². The number of ketones is 1. The highest BCUT2D eigenvalue weighted by atomic mass is 32.2. The molecule has 0 radical (unpaired) electrons. The van der Waals surface area contributed by atoms with Crippen LogP contribution in [0.4, 0.5) is 0 Å². The molecule has 1 heterocycles. The summed E-state index contributed by atoms with van der Waals surface area (Å²) < 4.78 is 7.25. The molecule has 7 heteroatoms. The monoisotopic (exact) mass is 424 g/mol. The Morgan fingerprint density at radius 1 is 1.07 bits per heavy atom. The fraction of sp³-hybridized carbons (Fsp3) is 0.348. The minimum atomic E-state index is 0.105. The molecule has 0 amide bonds. The topological polar surface area (TPSA) is 83.0 Å². The molecule has 1 aromatic heterocycles. The lowest BCUT2D eigenvalue weighted by Crippen LogP contribution is -2.16. The highest BCUT2D eigenvalue weighted by molar-refractivity contribution is 7.99. The smallest absolute Gasteiger partial charge is 0.209 e. The predicted octanol–water partition coefficient (Wildman–Crippen LogP) is 4.62. The number of carbonyl (C=O) groups excluding carboxylic acids is 1. The lowest BCUT2D eigenvalue weighted by Gasteiger charge is -2.19. The van der Waals surface area contributed by atoms with E-state index in [0.29, 0.717) is 17.4 Å². The number of nitrogens with two attached hydrogens (primary N) is 1. The van der Waals surface area contributed by atoms with Gasteiger partial charge in [-0.05, 0) is 29.5 Å². The zero-order valence-corrected chi connectivity index (χ0v) is 18.5. The summed E-state index contributed by atoms with van der Waals surface area (Å²) in [5.41, 5.74) is 2.11. The van der Waals surface area contributed by atoms with Crippen LogP contribution in [0.15, 0.2) is 59.8 Å². The molecule has 0 saturated carbocycles. The van der Waals surface area contributed by atoms with E-state index in [-0.39, 0.29) is 17.8 Å². The van der Waals surface area contributed by atoms with Gasteiger partial charge in [-0.2, -0.15) is 0 Å². The van der Waals surface area contributed by atoms with Gasteiger partial charge in [0.15, 0.2) is 11.6 Å². The molecule has 0 unspecified atom stereocenters. The third kappa shape index (κ3) is 5.86. The van der Waals surface area contributed by atoms with Gasteiger partial charge in [0.25, 0.3) is 0 Å². The van der Waals surface area contributed by atoms with Gasteiger partial charge in [0.1, 0.15) is 12.4 Å². The molecule has 0 aliphatic rings. The molecular weight excluding hydrogens is 396 g/mol. The van der Waals surface area contributed by atoms with Crippen molar-refractivity contribution in [2.75, 3.05) is 11.6 Å². The summed E-state index contributed by atoms with van der Waals surface area (Å²) in [4.78, 5) is 12.1. The summed E-state index contributed by atoms with van der Waals surface area (Å²) >= 11 is 1.49. The van der Waals surface area contributed by atoms with Crippen LogP contribution in [-0.4, -0.2) is 26.4 Å². The van der Waals surface area contributed by atoms with Crippen molar-refractivity contribution < 1.29 is 9.53 Å². The summed E-state index contributed by atoms with van der Waals surface area (Å²) in [5.74, 6) is 8.31. The lowest BCUT2D eigenvalue weighted by atomic mass is 9.87. The SMILES string of the molecule is CC(C)(C)c1ccc(OCc2nnc(SCCCC(=O)c3ccccc3)n2N)cc1. The highest BCUT2D eigenvalue weighted by Gasteiger charge is 2.14. The number of thioether (sulfide) groups is 1. The van der Waals surface area contributed by atoms with Crippen LogP contribution in [0.2, 0.25) is 0 Å². The maximum atomic E-state index is 12.1. The predicted molar refractivity (Wildman–Crippen MR) is 120 cm³/mol. The molecule has 0 atom stereocenters. The van der Waals surface area contributed by atoms with Crippen molar-refractivity contribution in [3.63, 3.8) is 0 Å². The van der Waals surface area contributed by atoms with Crippen molar-refractivity contribution in [2.24, 2.45) is 0 Å². The second kappa shape index (κ2) is 9.80. The van der Waals surface area contributed by atoms with Crippen LogP contribution in [0, 0.1) is 0 Å². The fourth-order valence-corrected chi connectivity index (χ4v) is 3.68. The minimum absolute atomic E-state index is 0.105. The van der Waals surface area contributed by atoms with E-state index in [4.69, 9.17) is 10.6 Å². The van der Waals surface area contributed by atoms with Crippen LogP contribution in [0.3, 0.4) is 0 Å². The molecule has 158 valence electrons. The number of hydrogen-bond donors (Lipinski definition) is 1. The number of nitrogens with zero attached hydrogens (tertiary/aromatic N) is 3. The van der Waals surface area contributed by atoms with Gasteiger partial charge < -0.3 is 10.6 Å². The van der Waals surface area contributed by atoms with Gasteiger partial charge >= 0.3 is 0 Å². The first-order valence-electron chi connectivity index (χ1n) is 9.98. The Morgan fingerprint density at radius 3 is 2.43 bits per heavy atom. The molecular formula is C23H28N4O2S. The van der Waals surface area contributed by atoms with Crippen LogP contribution in [0.1, 0.15) is 55.4 Å². The Hall–Kier alpha value is -2.80. The Labute approximate surface area is 181 Å². The van der Waals surface area contributed by atoms with E-state index in [2.05, 4.69) is 43.1 Å². The number of ether oxygens (including phenoxy) is 1. The Bertz CT molecular complexity index is 963. The van der Waals surface area contributed by atoms with Gasteiger partial charge in [0.2, 0.25) is 5.16 Å². The van der Waals surface area contributed by atoms with Gasteiger partial charge in [-0.3, -0.25) is 4.79 Å². The van der Waals surface area contributed by atoms with Gasteiger partial charge in [-0.25, -0.2) is 4.68 Å². The van der Waals surface area contributed by atoms with E-state index in [9.17, 15) is 4.79 Å². The first-order chi connectivity index (χ1) is 14.3. The molecule has 6 nitrogen and oxygen atoms in total. The van der Waals surface area contributed by atoms with E-state index >= 15 is 0 Å². The normalized spacial score (nSPS) is 11.4. The minimum Gasteiger partial charge on any atom is -0.486 e. The number of aromatic nitrogens is 3. The highest BCUT2D eigenvalue weighted by Crippen LogP contribution is 2.25. The Morgan fingerprint density at radius 2 is 1.77 bits per heavy atom. The third-order valence-corrected chi connectivity index (χ3v) is 5.73. The van der Waals surface area contributed by atoms with Crippen LogP contribution in [0.5, 0.6) is 5.75 Å². The second-order valence-corrected chi connectivity index (χ2v) is 9.14. The maximum absolute atomic E-state index is 12.1. The van der Waals surface area contributed by atoms with Crippen LogP contribution in [0.25, 0.3) is 0 Å². The molecule has 2 aromatic carbocycles. The van der Waals surface area contributed by atoms with Gasteiger partial charge in [-0.15, -0.1) is 10.2 Å². The number of carbonyl (C=O) groups is 1. The molecule has 30 heavy (non-hydrogen) atoms. The largest absolute Gasteiger partial charge is 0.486 e. The number of benzene rings is 2. The average molecular weight is 425 g/mol. The van der Waals surface area contributed by atoms with Gasteiger partial charge in [-0.1, -0.05) is 75.0 Å². The van der Waals surface area contributed by atoms with Crippen LogP contribution >= 0.6 is 11.8 Å². The standard InChI is InChI=1S/C23H28N4O2S/c1-23(2,3)18-11-13-19(14-12-18)29-16-21-25-26-22(27(21)24)30-15-7-10-20(28)17-8-5-4-6-9-17/h4-6,8-9,11-14H,7,10,15-16,24H2,1-3H3. The van der Waals surface area contributed by atoms with Crippen LogP contribution in [-0.2, 0) is 12.0 Å². The van der Waals surface area contributed by atoms with Crippen molar-refractivity contribution in [2.45, 2.75) is 50.8 Å². The van der Waals surface area contributed by atoms with E-state index in [1.165, 1.54) is 22.0 Å². The molecule has 0 aliphatic heterocycles. The quantitative estimate of drug-likeness (QED) is 0.233. The summed E-state index contributed by atoms with van der Waals surface area (Å²) in [5, 5.41) is 8.87. The average Bonchev–Trinajstić information content (AvgIpc) is 3.09. The number of Topliss-reactive ketones (excluding diaryl/α,β-unsaturated/α-hetero) is 1. The fourth-order valence-electron chi connectivity index (χ4n) is 2.87. The zero-order valence-electron chi connectivity index (χ0n) is 17.7. The number of hydrogen-bond acceptors (Lipinski definition) is 6. The molecule has 0 spiro atoms. The summed E-state index contributed by atoms with van der Waals surface area (Å²) in [7, 11) is 0. The van der Waals surface area contributed by atoms with E-state index in [1.807, 2.05) is 42.5 Å². The first kappa shape index (κ1) is 21.9. The Kier molecular flexibility index (Phi) is 7.15. The van der Waals surface area contributed by atoms with Gasteiger partial charge in [0, 0.05) is 17.7 Å². The molecule has 2 N–H and O–H groups in total. The van der Waals surface area contributed by atoms with E-state index < -0.39 is 0 Å². The molecule has 3 rings (SSSR count). The third-order valence-electron chi connectivity index (χ3n) is 4.70. The Balaban J connectivity index is 1.46. The van der Waals surface area contributed by atoms with E-state index in [1.54, 1.807) is 0 Å². The molecule has 3 aromatic rings. The van der Waals surface area contributed by atoms with Crippen molar-refractivity contribution in [1.29, 1.82) is 0 Å². The molecule has 0 aliphatic carbocycles. The molecule has 0 fully saturated rings. The van der Waals surface area contributed by atoms with Crippen molar-refractivity contribution >= 4 is 17.5 Å². The lowest BCUT2D eigenvalue weighted by molar-refractivity contribution is 0.0982. The van der Waals surface area contributed by atoms with Gasteiger partial charge in [0.05, 0.1) is 0 Å².